The van der Waals surface area contributed by atoms with Gasteiger partial charge < -0.3 is 50.8 Å². The largest absolute Gasteiger partial charge is 1.00 e. The van der Waals surface area contributed by atoms with Crippen molar-refractivity contribution >= 4 is 63.1 Å². The Balaban J connectivity index is -0.000000605. The van der Waals surface area contributed by atoms with Gasteiger partial charge in [-0.2, -0.15) is 0 Å². The Hall–Kier alpha value is -5.12. The van der Waals surface area contributed by atoms with Gasteiger partial charge in [-0.05, 0) is 55.8 Å². The van der Waals surface area contributed by atoms with Crippen LogP contribution in [0.3, 0.4) is 0 Å². The van der Waals surface area contributed by atoms with Gasteiger partial charge in [0.15, 0.2) is 0 Å². The number of nitrogens with zero attached hydrogens (tertiary/aromatic N) is 12. The van der Waals surface area contributed by atoms with E-state index in [9.17, 15) is 29.1 Å². The van der Waals surface area contributed by atoms with Crippen LogP contribution in [-0.2, 0) is 53.9 Å². The molecule has 0 fully saturated rings. The smallest absolute Gasteiger partial charge is 0.508 e. The van der Waals surface area contributed by atoms with Crippen LogP contribution in [-0.4, -0.2) is 91.6 Å². The van der Waals surface area contributed by atoms with Gasteiger partial charge in [-0.15, -0.1) is 12.4 Å². The maximum absolute atomic E-state index is 13.6. The van der Waals surface area contributed by atoms with Crippen LogP contribution >= 0.6 is 28.3 Å². The van der Waals surface area contributed by atoms with E-state index >= 15 is 0 Å². The number of halogens is 2. The summed E-state index contributed by atoms with van der Waals surface area (Å²) < 4.78 is 12.4. The van der Waals surface area contributed by atoms with E-state index in [0.717, 1.165) is 16.5 Å². The number of phenols is 1. The molecular formula is C31H41BrClN12NaO11. The zero-order valence-electron chi connectivity index (χ0n) is 29.6. The predicted octanol–water partition coefficient (Wildman–Crippen LogP) is 2.29. The van der Waals surface area contributed by atoms with Gasteiger partial charge in [-0.1, -0.05) is 47.9 Å². The third kappa shape index (κ3) is 14.7. The number of alkyl halides is 1. The normalized spacial score (nSPS) is 13.0. The van der Waals surface area contributed by atoms with Crippen LogP contribution in [0.15, 0.2) is 39.3 Å². The first-order chi connectivity index (χ1) is 24.6. The van der Waals surface area contributed by atoms with Crippen LogP contribution in [0.2, 0.25) is 0 Å². The Bertz CT molecular complexity index is 2090. The van der Waals surface area contributed by atoms with Crippen molar-refractivity contribution in [2.45, 2.75) is 53.5 Å². The number of carboxylic acid groups (broad SMARTS) is 2. The summed E-state index contributed by atoms with van der Waals surface area (Å²) in [6, 6.07) is 6.90. The molecule has 0 saturated heterocycles. The van der Waals surface area contributed by atoms with E-state index in [-0.39, 0.29) is 110 Å². The molecule has 2 aliphatic heterocycles. The molecule has 1 atom stereocenters. The van der Waals surface area contributed by atoms with Crippen molar-refractivity contribution in [3.05, 3.63) is 93.7 Å². The maximum atomic E-state index is 13.6. The molecule has 5 N–H and O–H groups in total. The molecule has 3 aromatic rings. The monoisotopic (exact) mass is 894 g/mol. The molecule has 57 heavy (non-hydrogen) atoms. The summed E-state index contributed by atoms with van der Waals surface area (Å²) >= 11 is 2.71. The molecule has 26 heteroatoms. The number of aromatic hydroxyl groups is 1. The number of pyridine rings is 2. The Labute approximate surface area is 361 Å². The maximum Gasteiger partial charge on any atom is 1.00 e. The average molecular weight is 896 g/mol. The number of esters is 2. The van der Waals surface area contributed by atoms with E-state index in [0.29, 0.717) is 23.4 Å². The number of rotatable bonds is 9. The minimum absolute atomic E-state index is 0. The molecule has 306 valence electrons. The summed E-state index contributed by atoms with van der Waals surface area (Å²) in [5.41, 5.74) is 31.0. The van der Waals surface area contributed by atoms with Gasteiger partial charge in [-0.3, -0.25) is 24.1 Å². The number of hydrogen-bond acceptors (Lipinski definition) is 12. The quantitative estimate of drug-likeness (QED) is 0.0544. The van der Waals surface area contributed by atoms with Crippen molar-refractivity contribution in [1.29, 1.82) is 0 Å². The van der Waals surface area contributed by atoms with Crippen molar-refractivity contribution < 1.29 is 79.0 Å². The van der Waals surface area contributed by atoms with Gasteiger partial charge in [0.2, 0.25) is 5.60 Å². The van der Waals surface area contributed by atoms with Crippen LogP contribution in [0.1, 0.15) is 50.5 Å². The number of phenolic OH excluding ortho intramolecular Hbond substituents is 1. The van der Waals surface area contributed by atoms with Crippen LogP contribution in [0.5, 0.6) is 5.75 Å². The van der Waals surface area contributed by atoms with Crippen molar-refractivity contribution in [2.75, 3.05) is 32.5 Å². The Morgan fingerprint density at radius 1 is 1.05 bits per heavy atom. The fraction of sp³-hybridized carbons (Fsp3) is 0.419. The number of carboxylic acids is 2. The summed E-state index contributed by atoms with van der Waals surface area (Å²) in [5, 5.41) is 32.7. The SMILES string of the molecule is C.C.CC[C@@]1(OC(=O)CN=[N+]=[N-])C(=O)OCc2c1cc1n(c2=O)Cc2cc3c(CN(C)C)c(O)ccc3nc2-1.Cl.O.O=C(O)CBr.[N-]=[N+]=NCC(=O)O.[N-]=[N+]=[N-].[Na+]. The van der Waals surface area contributed by atoms with Gasteiger partial charge in [0.1, 0.15) is 30.8 Å². The molecule has 2 aliphatic rings. The molecular weight excluding hydrogens is 855 g/mol. The number of aromatic nitrogens is 2. The van der Waals surface area contributed by atoms with Crippen LogP contribution < -0.4 is 35.1 Å². The summed E-state index contributed by atoms with van der Waals surface area (Å²) in [6.07, 6.45) is 0.00884. The third-order valence-electron chi connectivity index (χ3n) is 7.15. The average Bonchev–Trinajstić information content (AvgIpc) is 3.46. The topological polar surface area (TPSA) is 373 Å². The second-order valence-electron chi connectivity index (χ2n) is 10.7. The fourth-order valence-corrected chi connectivity index (χ4v) is 5.15. The number of carbonyl (C=O) groups is 4. The Kier molecular flexibility index (Phi) is 28.2. The zero-order chi connectivity index (χ0) is 39.2. The molecule has 0 bridgehead atoms. The molecule has 0 spiro atoms. The second-order valence-corrected chi connectivity index (χ2v) is 11.3. The minimum Gasteiger partial charge on any atom is -0.508 e. The van der Waals surface area contributed by atoms with Gasteiger partial charge >= 0.3 is 53.4 Å². The molecule has 0 aliphatic carbocycles. The van der Waals surface area contributed by atoms with E-state index < -0.39 is 42.6 Å². The van der Waals surface area contributed by atoms with E-state index in [1.807, 2.05) is 25.1 Å². The van der Waals surface area contributed by atoms with Crippen LogP contribution in [0, 0.1) is 0 Å². The molecule has 0 radical (unpaired) electrons. The van der Waals surface area contributed by atoms with E-state index in [1.165, 1.54) is 4.91 Å². The first kappa shape index (κ1) is 58.6. The van der Waals surface area contributed by atoms with E-state index in [1.54, 1.807) is 29.7 Å². The van der Waals surface area contributed by atoms with Gasteiger partial charge in [-0.25, -0.2) is 9.78 Å². The molecule has 1 aromatic carbocycles. The predicted molar refractivity (Wildman–Crippen MR) is 209 cm³/mol. The Morgan fingerprint density at radius 2 is 1.61 bits per heavy atom. The molecule has 5 rings (SSSR count). The van der Waals surface area contributed by atoms with Gasteiger partial charge in [0.05, 0.1) is 29.0 Å². The summed E-state index contributed by atoms with van der Waals surface area (Å²) in [7, 11) is 3.81. The minimum atomic E-state index is -1.85. The van der Waals surface area contributed by atoms with Crippen LogP contribution in [0.25, 0.3) is 59.2 Å². The number of carbonyl (C=O) groups excluding carboxylic acids is 2. The number of azide groups is 2. The fourth-order valence-electron chi connectivity index (χ4n) is 5.15. The number of cyclic esters (lactones) is 1. The number of aliphatic carboxylic acids is 2. The van der Waals surface area contributed by atoms with E-state index in [2.05, 4.69) is 36.0 Å². The number of benzene rings is 1. The molecule has 0 unspecified atom stereocenters. The first-order valence-corrected chi connectivity index (χ1v) is 15.7. The van der Waals surface area contributed by atoms with Crippen LogP contribution in [0.4, 0.5) is 0 Å². The standard InChI is InChI=1S/C25H24N6O6.C2H3BrO2.C2H3N3O2.2CH4.ClH.N3.Na.H2O/c1-4-25(37-21(33)9-27-29-26)17-8-19-22-13(10-31(19)23(34)16(17)12-36-24(25)35)7-14-15(11-30(2)3)20(32)6-5-18(14)28-22;3-1-2(4)5;3-5-4-1-2(6)7;;;;1-3-2;;/h5-8,32H,4,9-12H2,1-3H3;1H2,(H,4,5);1H2,(H,6,7);2*1H4;1H;;;1H2/q;;;;;;-1;+1;/t25-;;;;;;;;/m0......../s1. The molecule has 0 amide bonds. The molecule has 23 nitrogen and oxygen atoms in total. The van der Waals surface area contributed by atoms with Gasteiger partial charge in [0.25, 0.3) is 5.56 Å². The van der Waals surface area contributed by atoms with Crippen molar-refractivity contribution in [2.24, 2.45) is 10.2 Å². The zero-order valence-corrected chi connectivity index (χ0v) is 34.0. The molecule has 4 heterocycles. The summed E-state index contributed by atoms with van der Waals surface area (Å²) in [6.45, 7) is 1.06. The summed E-state index contributed by atoms with van der Waals surface area (Å²) in [4.78, 5) is 70.8. The molecule has 0 saturated carbocycles. The number of hydrogen-bond donors (Lipinski definition) is 3. The second kappa shape index (κ2) is 27.5. The van der Waals surface area contributed by atoms with Crippen molar-refractivity contribution in [1.82, 2.24) is 14.5 Å². The molecule has 2 aromatic heterocycles. The van der Waals surface area contributed by atoms with E-state index in [4.69, 9.17) is 46.8 Å². The third-order valence-corrected chi connectivity index (χ3v) is 7.63. The number of fused-ring (bicyclic) bond motifs is 5. The van der Waals surface area contributed by atoms with Crippen molar-refractivity contribution in [3.63, 3.8) is 0 Å². The Morgan fingerprint density at radius 3 is 2.09 bits per heavy atom. The number of ether oxygens (including phenoxy) is 2. The summed E-state index contributed by atoms with van der Waals surface area (Å²) in [5.74, 6) is -3.49. The van der Waals surface area contributed by atoms with Crippen molar-refractivity contribution in [3.8, 4) is 17.1 Å². The van der Waals surface area contributed by atoms with Gasteiger partial charge in [0, 0.05) is 38.4 Å². The first-order valence-electron chi connectivity index (χ1n) is 14.6.